The molecule has 1 fully saturated rings. The van der Waals surface area contributed by atoms with Crippen LogP contribution in [0.25, 0.3) is 0 Å². The molecule has 1 saturated carbocycles. The van der Waals surface area contributed by atoms with Crippen LogP contribution < -0.4 is 5.73 Å². The van der Waals surface area contributed by atoms with Gasteiger partial charge in [0, 0.05) is 18.1 Å². The molecule has 1 atom stereocenters. The summed E-state index contributed by atoms with van der Waals surface area (Å²) in [4.78, 5) is 2.40. The Morgan fingerprint density at radius 3 is 2.53 bits per heavy atom. The predicted octanol–water partition coefficient (Wildman–Crippen LogP) is 2.96. The summed E-state index contributed by atoms with van der Waals surface area (Å²) >= 11 is 0. The fraction of sp³-hybridized carbons (Fsp3) is 0.625. The first kappa shape index (κ1) is 14.5. The molecule has 2 rings (SSSR count). The van der Waals surface area contributed by atoms with Crippen molar-refractivity contribution in [2.75, 3.05) is 7.05 Å². The van der Waals surface area contributed by atoms with Gasteiger partial charge in [-0.05, 0) is 57.7 Å². The molecule has 0 amide bonds. The molecule has 2 nitrogen and oxygen atoms in total. The van der Waals surface area contributed by atoms with Crippen molar-refractivity contribution in [3.05, 3.63) is 35.6 Å². The maximum absolute atomic E-state index is 13.7. The van der Waals surface area contributed by atoms with E-state index in [0.29, 0.717) is 18.1 Å². The van der Waals surface area contributed by atoms with Crippen molar-refractivity contribution in [2.24, 2.45) is 5.73 Å². The largest absolute Gasteiger partial charge is 0.328 e. The highest BCUT2D eigenvalue weighted by atomic mass is 19.1. The van der Waals surface area contributed by atoms with Crippen LogP contribution in [0.1, 0.15) is 38.2 Å². The fourth-order valence-corrected chi connectivity index (χ4v) is 2.99. The number of hydrogen-bond donors (Lipinski definition) is 1. The molecule has 3 heteroatoms. The number of halogens is 1. The summed E-state index contributed by atoms with van der Waals surface area (Å²) in [5.41, 5.74) is 6.76. The molecule has 1 aromatic carbocycles. The van der Waals surface area contributed by atoms with Crippen LogP contribution >= 0.6 is 0 Å². The first-order valence-electron chi connectivity index (χ1n) is 7.29. The van der Waals surface area contributed by atoms with Crippen LogP contribution in [0.15, 0.2) is 24.3 Å². The maximum Gasteiger partial charge on any atom is 0.126 e. The van der Waals surface area contributed by atoms with Crippen LogP contribution in [-0.2, 0) is 6.42 Å². The summed E-state index contributed by atoms with van der Waals surface area (Å²) in [6.07, 6.45) is 5.33. The molecule has 1 aliphatic carbocycles. The van der Waals surface area contributed by atoms with Crippen molar-refractivity contribution < 1.29 is 4.39 Å². The number of nitrogens with two attached hydrogens (primary N) is 1. The van der Waals surface area contributed by atoms with E-state index in [1.165, 1.54) is 12.8 Å². The van der Waals surface area contributed by atoms with Gasteiger partial charge in [0.1, 0.15) is 5.82 Å². The second-order valence-corrected chi connectivity index (χ2v) is 5.88. The Morgan fingerprint density at radius 1 is 1.26 bits per heavy atom. The molecule has 0 radical (unpaired) electrons. The molecule has 0 spiro atoms. The summed E-state index contributed by atoms with van der Waals surface area (Å²) < 4.78 is 13.7. The van der Waals surface area contributed by atoms with Gasteiger partial charge < -0.3 is 10.6 Å². The summed E-state index contributed by atoms with van der Waals surface area (Å²) in [7, 11) is 2.16. The lowest BCUT2D eigenvalue weighted by Crippen LogP contribution is -2.43. The van der Waals surface area contributed by atoms with Gasteiger partial charge in [-0.1, -0.05) is 18.2 Å². The number of benzene rings is 1. The molecular formula is C16H25FN2. The van der Waals surface area contributed by atoms with Crippen LogP contribution in [-0.4, -0.2) is 30.1 Å². The number of nitrogens with zero attached hydrogens (tertiary/aromatic N) is 1. The number of hydrogen-bond acceptors (Lipinski definition) is 2. The number of rotatable bonds is 4. The second-order valence-electron chi connectivity index (χ2n) is 5.88. The maximum atomic E-state index is 13.7. The average Bonchev–Trinajstić information content (AvgIpc) is 2.41. The van der Waals surface area contributed by atoms with Crippen molar-refractivity contribution in [2.45, 2.75) is 57.2 Å². The normalized spacial score (nSPS) is 25.5. The first-order valence-corrected chi connectivity index (χ1v) is 7.29. The molecule has 1 aliphatic rings. The third-order valence-corrected chi connectivity index (χ3v) is 4.49. The predicted molar refractivity (Wildman–Crippen MR) is 77.6 cm³/mol. The van der Waals surface area contributed by atoms with Crippen LogP contribution in [0.5, 0.6) is 0 Å². The molecule has 0 saturated heterocycles. The lowest BCUT2D eigenvalue weighted by Gasteiger charge is -2.37. The van der Waals surface area contributed by atoms with Crippen LogP contribution in [0, 0.1) is 5.82 Å². The third kappa shape index (κ3) is 3.77. The van der Waals surface area contributed by atoms with Crippen molar-refractivity contribution in [3.63, 3.8) is 0 Å². The van der Waals surface area contributed by atoms with E-state index in [-0.39, 0.29) is 5.82 Å². The highest BCUT2D eigenvalue weighted by molar-refractivity contribution is 5.18. The van der Waals surface area contributed by atoms with Gasteiger partial charge in [-0.2, -0.15) is 0 Å². The quantitative estimate of drug-likeness (QED) is 0.906. The zero-order chi connectivity index (χ0) is 13.8. The van der Waals surface area contributed by atoms with E-state index in [1.54, 1.807) is 12.1 Å². The molecule has 106 valence electrons. The van der Waals surface area contributed by atoms with E-state index in [4.69, 9.17) is 5.73 Å². The minimum atomic E-state index is -0.0894. The standard InChI is InChI=1S/C16H25FN2/c1-12(11-13-5-3-4-6-16(13)17)19(2)15-9-7-14(18)8-10-15/h3-6,12,14-15H,7-11,18H2,1-2H3. The monoisotopic (exact) mass is 264 g/mol. The molecule has 0 heterocycles. The van der Waals surface area contributed by atoms with Crippen molar-refractivity contribution in [1.29, 1.82) is 0 Å². The van der Waals surface area contributed by atoms with Crippen molar-refractivity contribution in [1.82, 2.24) is 4.90 Å². The van der Waals surface area contributed by atoms with Gasteiger partial charge in [0.25, 0.3) is 0 Å². The van der Waals surface area contributed by atoms with Gasteiger partial charge in [-0.25, -0.2) is 4.39 Å². The summed E-state index contributed by atoms with van der Waals surface area (Å²) in [5.74, 6) is -0.0894. The first-order chi connectivity index (χ1) is 9.08. The van der Waals surface area contributed by atoms with E-state index in [9.17, 15) is 4.39 Å². The zero-order valence-corrected chi connectivity index (χ0v) is 12.0. The molecule has 1 unspecified atom stereocenters. The van der Waals surface area contributed by atoms with Gasteiger partial charge in [-0.3, -0.25) is 0 Å². The SMILES string of the molecule is CC(Cc1ccccc1F)N(C)C1CCC(N)CC1. The molecule has 2 N–H and O–H groups in total. The van der Waals surface area contributed by atoms with Crippen LogP contribution in [0.4, 0.5) is 4.39 Å². The lowest BCUT2D eigenvalue weighted by atomic mass is 9.90. The molecule has 1 aromatic rings. The average molecular weight is 264 g/mol. The van der Waals surface area contributed by atoms with Gasteiger partial charge in [-0.15, -0.1) is 0 Å². The highest BCUT2D eigenvalue weighted by Crippen LogP contribution is 2.23. The number of likely N-dealkylation sites (N-methyl/N-ethyl adjacent to an activating group) is 1. The van der Waals surface area contributed by atoms with Gasteiger partial charge in [0.05, 0.1) is 0 Å². The minimum Gasteiger partial charge on any atom is -0.328 e. The Balaban J connectivity index is 1.92. The molecule has 0 aliphatic heterocycles. The van der Waals surface area contributed by atoms with Crippen LogP contribution in [0.2, 0.25) is 0 Å². The van der Waals surface area contributed by atoms with Gasteiger partial charge in [0.2, 0.25) is 0 Å². The fourth-order valence-electron chi connectivity index (χ4n) is 2.99. The topological polar surface area (TPSA) is 29.3 Å². The van der Waals surface area contributed by atoms with E-state index in [0.717, 1.165) is 24.8 Å². The summed E-state index contributed by atoms with van der Waals surface area (Å²) in [6, 6.07) is 8.42. The zero-order valence-electron chi connectivity index (χ0n) is 12.0. The van der Waals surface area contributed by atoms with E-state index >= 15 is 0 Å². The van der Waals surface area contributed by atoms with Crippen molar-refractivity contribution in [3.8, 4) is 0 Å². The minimum absolute atomic E-state index is 0.0894. The summed E-state index contributed by atoms with van der Waals surface area (Å²) in [5, 5.41) is 0. The Kier molecular flexibility index (Phi) is 4.94. The second kappa shape index (κ2) is 6.49. The Bertz CT molecular complexity index is 399. The van der Waals surface area contributed by atoms with E-state index in [1.807, 2.05) is 12.1 Å². The van der Waals surface area contributed by atoms with E-state index < -0.39 is 0 Å². The Morgan fingerprint density at radius 2 is 1.89 bits per heavy atom. The molecule has 19 heavy (non-hydrogen) atoms. The smallest absolute Gasteiger partial charge is 0.126 e. The van der Waals surface area contributed by atoms with Gasteiger partial charge >= 0.3 is 0 Å². The van der Waals surface area contributed by atoms with E-state index in [2.05, 4.69) is 18.9 Å². The van der Waals surface area contributed by atoms with Crippen molar-refractivity contribution >= 4 is 0 Å². The molecule has 0 aromatic heterocycles. The van der Waals surface area contributed by atoms with Crippen LogP contribution in [0.3, 0.4) is 0 Å². The molecular weight excluding hydrogens is 239 g/mol. The highest BCUT2D eigenvalue weighted by Gasteiger charge is 2.25. The molecule has 0 bridgehead atoms. The third-order valence-electron chi connectivity index (χ3n) is 4.49. The Labute approximate surface area is 115 Å². The Hall–Kier alpha value is -0.930. The lowest BCUT2D eigenvalue weighted by molar-refractivity contribution is 0.139. The summed E-state index contributed by atoms with van der Waals surface area (Å²) in [6.45, 7) is 2.18. The van der Waals surface area contributed by atoms with Gasteiger partial charge in [0.15, 0.2) is 0 Å².